The van der Waals surface area contributed by atoms with Crippen molar-refractivity contribution in [2.75, 3.05) is 26.2 Å². The van der Waals surface area contributed by atoms with Crippen molar-refractivity contribution in [2.45, 2.75) is 25.5 Å². The van der Waals surface area contributed by atoms with Crippen LogP contribution in [-0.4, -0.2) is 47.0 Å². The van der Waals surface area contributed by atoms with Crippen molar-refractivity contribution in [3.8, 4) is 0 Å². The fraction of sp³-hybridized carbons (Fsp3) is 0.471. The van der Waals surface area contributed by atoms with E-state index in [1.807, 2.05) is 41.3 Å². The van der Waals surface area contributed by atoms with Crippen molar-refractivity contribution < 1.29 is 4.74 Å². The van der Waals surface area contributed by atoms with Crippen molar-refractivity contribution in [1.29, 1.82) is 0 Å². The Morgan fingerprint density at radius 3 is 2.95 bits per heavy atom. The highest BCUT2D eigenvalue weighted by Crippen LogP contribution is 2.19. The third-order valence-corrected chi connectivity index (χ3v) is 4.42. The average molecular weight is 320 g/mol. The van der Waals surface area contributed by atoms with Crippen molar-refractivity contribution in [1.82, 2.24) is 14.7 Å². The van der Waals surface area contributed by atoms with Crippen LogP contribution in [0.15, 0.2) is 42.7 Å². The van der Waals surface area contributed by atoms with Gasteiger partial charge in [0.1, 0.15) is 0 Å². The van der Waals surface area contributed by atoms with Gasteiger partial charge in [-0.05, 0) is 24.1 Å². The van der Waals surface area contributed by atoms with Gasteiger partial charge in [-0.2, -0.15) is 5.10 Å². The number of morpholine rings is 1. The van der Waals surface area contributed by atoms with Crippen LogP contribution >= 0.6 is 11.6 Å². The number of hydrogen-bond donors (Lipinski definition) is 0. The van der Waals surface area contributed by atoms with Gasteiger partial charge in [-0.1, -0.05) is 29.8 Å². The lowest BCUT2D eigenvalue weighted by Gasteiger charge is -2.33. The molecule has 1 aromatic carbocycles. The Hall–Kier alpha value is -1.36. The molecule has 0 amide bonds. The third kappa shape index (κ3) is 4.32. The van der Waals surface area contributed by atoms with Crippen molar-refractivity contribution in [3.63, 3.8) is 0 Å². The molecule has 1 fully saturated rings. The first-order chi connectivity index (χ1) is 10.8. The minimum atomic E-state index is 0.235. The highest BCUT2D eigenvalue weighted by Gasteiger charge is 2.21. The molecular weight excluding hydrogens is 298 g/mol. The lowest BCUT2D eigenvalue weighted by molar-refractivity contribution is -0.0281. The summed E-state index contributed by atoms with van der Waals surface area (Å²) in [5, 5.41) is 5.07. The van der Waals surface area contributed by atoms with Gasteiger partial charge in [0.25, 0.3) is 0 Å². The fourth-order valence-electron chi connectivity index (χ4n) is 2.91. The van der Waals surface area contributed by atoms with Crippen molar-refractivity contribution >= 4 is 11.6 Å². The van der Waals surface area contributed by atoms with Gasteiger partial charge < -0.3 is 4.74 Å². The molecule has 0 bridgehead atoms. The number of nitrogens with zero attached hydrogens (tertiary/aromatic N) is 3. The predicted octanol–water partition coefficient (Wildman–Crippen LogP) is 2.87. The molecule has 0 spiro atoms. The maximum atomic E-state index is 6.24. The number of hydrogen-bond acceptors (Lipinski definition) is 3. The van der Waals surface area contributed by atoms with Crippen LogP contribution in [0.1, 0.15) is 12.0 Å². The Bertz CT molecular complexity index is 573. The average Bonchev–Trinajstić information content (AvgIpc) is 3.03. The molecule has 22 heavy (non-hydrogen) atoms. The lowest BCUT2D eigenvalue weighted by atomic mass is 10.1. The number of halogens is 1. The molecule has 0 aliphatic carbocycles. The molecule has 3 rings (SSSR count). The van der Waals surface area contributed by atoms with E-state index in [-0.39, 0.29) is 6.10 Å². The first-order valence-corrected chi connectivity index (χ1v) is 8.24. The minimum absolute atomic E-state index is 0.235. The van der Waals surface area contributed by atoms with E-state index < -0.39 is 0 Å². The molecule has 1 saturated heterocycles. The highest BCUT2D eigenvalue weighted by atomic mass is 35.5. The van der Waals surface area contributed by atoms with E-state index in [0.29, 0.717) is 0 Å². The molecule has 2 heterocycles. The van der Waals surface area contributed by atoms with Crippen LogP contribution in [0.5, 0.6) is 0 Å². The normalized spacial score (nSPS) is 19.4. The van der Waals surface area contributed by atoms with Gasteiger partial charge in [0.2, 0.25) is 0 Å². The Morgan fingerprint density at radius 1 is 1.23 bits per heavy atom. The molecule has 4 nitrogen and oxygen atoms in total. The Labute approximate surface area is 136 Å². The number of benzene rings is 1. The Kier molecular flexibility index (Phi) is 5.48. The zero-order valence-corrected chi connectivity index (χ0v) is 13.5. The molecule has 0 N–H and O–H groups in total. The monoisotopic (exact) mass is 319 g/mol. The highest BCUT2D eigenvalue weighted by molar-refractivity contribution is 6.31. The minimum Gasteiger partial charge on any atom is -0.375 e. The first kappa shape index (κ1) is 15.5. The topological polar surface area (TPSA) is 30.3 Å². The van der Waals surface area contributed by atoms with E-state index in [1.54, 1.807) is 0 Å². The Morgan fingerprint density at radius 2 is 2.14 bits per heavy atom. The largest absolute Gasteiger partial charge is 0.375 e. The van der Waals surface area contributed by atoms with Crippen molar-refractivity contribution in [2.24, 2.45) is 0 Å². The van der Waals surface area contributed by atoms with Crippen LogP contribution in [0.2, 0.25) is 5.02 Å². The van der Waals surface area contributed by atoms with Gasteiger partial charge in [-0.3, -0.25) is 9.58 Å². The molecule has 118 valence electrons. The third-order valence-electron chi connectivity index (χ3n) is 4.05. The van der Waals surface area contributed by atoms with E-state index in [1.165, 1.54) is 5.56 Å². The molecule has 0 radical (unpaired) electrons. The smallest absolute Gasteiger partial charge is 0.0743 e. The summed E-state index contributed by atoms with van der Waals surface area (Å²) in [6.07, 6.45) is 6.07. The number of rotatable bonds is 6. The van der Waals surface area contributed by atoms with Crippen LogP contribution in [0, 0.1) is 0 Å². The van der Waals surface area contributed by atoms with Gasteiger partial charge in [-0.25, -0.2) is 0 Å². The van der Waals surface area contributed by atoms with Gasteiger partial charge in [0, 0.05) is 50.0 Å². The maximum Gasteiger partial charge on any atom is 0.0743 e. The SMILES string of the molecule is Clc1ccccc1C[C@@H]1CN(CCCn2cccn2)CCO1. The van der Waals surface area contributed by atoms with Crippen molar-refractivity contribution in [3.05, 3.63) is 53.3 Å². The van der Waals surface area contributed by atoms with Crippen LogP contribution in [0.4, 0.5) is 0 Å². The molecule has 1 aromatic heterocycles. The second-order valence-corrected chi connectivity index (χ2v) is 6.12. The second kappa shape index (κ2) is 7.77. The van der Waals surface area contributed by atoms with Gasteiger partial charge in [-0.15, -0.1) is 0 Å². The predicted molar refractivity (Wildman–Crippen MR) is 88.2 cm³/mol. The molecule has 1 aliphatic heterocycles. The summed E-state index contributed by atoms with van der Waals surface area (Å²) in [5.41, 5.74) is 1.17. The zero-order valence-electron chi connectivity index (χ0n) is 12.7. The summed E-state index contributed by atoms with van der Waals surface area (Å²) in [6, 6.07) is 10.00. The second-order valence-electron chi connectivity index (χ2n) is 5.71. The summed E-state index contributed by atoms with van der Waals surface area (Å²) in [7, 11) is 0. The van der Waals surface area contributed by atoms with Gasteiger partial charge in [0.15, 0.2) is 0 Å². The molecule has 2 aromatic rings. The quantitative estimate of drug-likeness (QED) is 0.820. The van der Waals surface area contributed by atoms with E-state index >= 15 is 0 Å². The van der Waals surface area contributed by atoms with Crippen LogP contribution < -0.4 is 0 Å². The van der Waals surface area contributed by atoms with Gasteiger partial charge >= 0.3 is 0 Å². The summed E-state index contributed by atoms with van der Waals surface area (Å²) in [6.45, 7) is 4.85. The molecule has 1 aliphatic rings. The van der Waals surface area contributed by atoms with E-state index in [0.717, 1.165) is 50.7 Å². The molecule has 5 heteroatoms. The van der Waals surface area contributed by atoms with Gasteiger partial charge in [0.05, 0.1) is 12.7 Å². The molecule has 0 unspecified atom stereocenters. The number of ether oxygens (including phenoxy) is 1. The number of aromatic nitrogens is 2. The summed E-state index contributed by atoms with van der Waals surface area (Å²) in [5.74, 6) is 0. The standard InChI is InChI=1S/C17H22ClN3O/c18-17-6-2-1-5-15(17)13-16-14-20(11-12-22-16)8-4-10-21-9-3-7-19-21/h1-3,5-7,9,16H,4,8,10-14H2/t16-/m1/s1. The first-order valence-electron chi connectivity index (χ1n) is 7.86. The molecule has 0 saturated carbocycles. The van der Waals surface area contributed by atoms with Crippen LogP contribution in [-0.2, 0) is 17.7 Å². The van der Waals surface area contributed by atoms with Crippen LogP contribution in [0.3, 0.4) is 0 Å². The molecule has 1 atom stereocenters. The van der Waals surface area contributed by atoms with E-state index in [9.17, 15) is 0 Å². The zero-order chi connectivity index (χ0) is 15.2. The molecular formula is C17H22ClN3O. The fourth-order valence-corrected chi connectivity index (χ4v) is 3.12. The van der Waals surface area contributed by atoms with Crippen LogP contribution in [0.25, 0.3) is 0 Å². The summed E-state index contributed by atoms with van der Waals surface area (Å²) in [4.78, 5) is 2.48. The number of aryl methyl sites for hydroxylation is 1. The summed E-state index contributed by atoms with van der Waals surface area (Å²) >= 11 is 6.24. The summed E-state index contributed by atoms with van der Waals surface area (Å²) < 4.78 is 7.89. The maximum absolute atomic E-state index is 6.24. The van der Waals surface area contributed by atoms with E-state index in [4.69, 9.17) is 16.3 Å². The lowest BCUT2D eigenvalue weighted by Crippen LogP contribution is -2.43. The Balaban J connectivity index is 1.46. The van der Waals surface area contributed by atoms with E-state index in [2.05, 4.69) is 16.1 Å².